The van der Waals surface area contributed by atoms with Crippen molar-refractivity contribution in [2.24, 2.45) is 0 Å². The topological polar surface area (TPSA) is 32.8 Å². The second-order valence-electron chi connectivity index (χ2n) is 14.2. The summed E-state index contributed by atoms with van der Waals surface area (Å²) in [6, 6.07) is 0. The fourth-order valence-corrected chi connectivity index (χ4v) is 5.77. The van der Waals surface area contributed by atoms with E-state index in [-0.39, 0.29) is 5.60 Å². The van der Waals surface area contributed by atoms with Crippen LogP contribution in [-0.2, 0) is 9.53 Å². The summed E-state index contributed by atoms with van der Waals surface area (Å²) in [6.07, 6.45) is 33.6. The highest BCUT2D eigenvalue weighted by molar-refractivity contribution is 5.78. The molecule has 0 aliphatic rings. The second kappa shape index (κ2) is 30.4. The molecule has 0 atom stereocenters. The quantitative estimate of drug-likeness (QED) is 0.0726. The van der Waals surface area contributed by atoms with Crippen LogP contribution in [0.5, 0.6) is 0 Å². The van der Waals surface area contributed by atoms with Crippen LogP contribution in [0.3, 0.4) is 0 Å². The molecule has 0 saturated carbocycles. The third kappa shape index (κ3) is 30.8. The summed E-state index contributed by atoms with van der Waals surface area (Å²) in [7, 11) is 2.08. The third-order valence-electron chi connectivity index (χ3n) is 8.54. The number of carbonyl (C=O) groups is 1. The van der Waals surface area contributed by atoms with Crippen molar-refractivity contribution in [3.8, 4) is 0 Å². The summed E-state index contributed by atoms with van der Waals surface area (Å²) in [4.78, 5) is 17.6. The lowest BCUT2D eigenvalue weighted by Gasteiger charge is -2.26. The van der Waals surface area contributed by atoms with Crippen molar-refractivity contribution in [2.75, 3.05) is 39.8 Å². The molecule has 0 saturated heterocycles. The Kier molecular flexibility index (Phi) is 30.0. The van der Waals surface area contributed by atoms with E-state index in [2.05, 4.69) is 51.5 Å². The Morgan fingerprint density at radius 1 is 0.500 bits per heavy atom. The zero-order chi connectivity index (χ0) is 31.2. The molecule has 0 aliphatic heterocycles. The summed E-state index contributed by atoms with van der Waals surface area (Å²) in [5.74, 6) is 0.320. The molecule has 4 nitrogen and oxygen atoms in total. The molecule has 0 aromatic rings. The van der Waals surface area contributed by atoms with Gasteiger partial charge in [0.1, 0.15) is 0 Å². The number of nitrogens with zero attached hydrogens (tertiary/aromatic N) is 2. The van der Waals surface area contributed by atoms with E-state index in [0.717, 1.165) is 45.5 Å². The number of unbranched alkanes of at least 4 members (excludes halogenated alkanes) is 22. The first-order valence-electron chi connectivity index (χ1n) is 18.9. The van der Waals surface area contributed by atoms with Gasteiger partial charge in [-0.25, -0.2) is 0 Å². The molecule has 252 valence electrons. The van der Waals surface area contributed by atoms with Gasteiger partial charge in [0.25, 0.3) is 0 Å². The molecule has 4 heteroatoms. The zero-order valence-corrected chi connectivity index (χ0v) is 29.9. The molecular weight excluding hydrogens is 516 g/mol. The average molecular weight is 595 g/mol. The highest BCUT2D eigenvalue weighted by Crippen LogP contribution is 2.14. The molecule has 0 aromatic carbocycles. The van der Waals surface area contributed by atoms with Gasteiger partial charge in [0.15, 0.2) is 0 Å². The van der Waals surface area contributed by atoms with Crippen molar-refractivity contribution in [3.05, 3.63) is 0 Å². The van der Waals surface area contributed by atoms with Gasteiger partial charge >= 0.3 is 0 Å². The SMILES string of the molecule is CCCCCCCCCCCCCCN(CCCCCCCCCCCCCC)C(=O)CN(C)CCCOC(C)(C)C. The van der Waals surface area contributed by atoms with Crippen LogP contribution < -0.4 is 0 Å². The molecule has 0 N–H and O–H groups in total. The summed E-state index contributed by atoms with van der Waals surface area (Å²) in [6.45, 7) is 15.0. The molecule has 0 bridgehead atoms. The summed E-state index contributed by atoms with van der Waals surface area (Å²) < 4.78 is 5.86. The summed E-state index contributed by atoms with van der Waals surface area (Å²) in [5, 5.41) is 0. The minimum absolute atomic E-state index is 0.0896. The number of rotatable bonds is 32. The van der Waals surface area contributed by atoms with Crippen LogP contribution in [0.25, 0.3) is 0 Å². The Bertz CT molecular complexity index is 532. The highest BCUT2D eigenvalue weighted by Gasteiger charge is 2.16. The van der Waals surface area contributed by atoms with Gasteiger partial charge in [0, 0.05) is 26.2 Å². The molecule has 0 aliphatic carbocycles. The van der Waals surface area contributed by atoms with Crippen LogP contribution in [0.1, 0.15) is 195 Å². The third-order valence-corrected chi connectivity index (χ3v) is 8.54. The number of amides is 1. The maximum Gasteiger partial charge on any atom is 0.236 e. The van der Waals surface area contributed by atoms with E-state index in [0.29, 0.717) is 12.5 Å². The fourth-order valence-electron chi connectivity index (χ4n) is 5.77. The van der Waals surface area contributed by atoms with Gasteiger partial charge < -0.3 is 9.64 Å². The van der Waals surface area contributed by atoms with E-state index in [9.17, 15) is 4.79 Å². The zero-order valence-electron chi connectivity index (χ0n) is 29.9. The van der Waals surface area contributed by atoms with Crippen LogP contribution >= 0.6 is 0 Å². The maximum atomic E-state index is 13.3. The van der Waals surface area contributed by atoms with Gasteiger partial charge in [-0.2, -0.15) is 0 Å². The first kappa shape index (κ1) is 41.4. The van der Waals surface area contributed by atoms with E-state index in [1.807, 2.05) is 0 Å². The lowest BCUT2D eigenvalue weighted by Crippen LogP contribution is -2.40. The van der Waals surface area contributed by atoms with Crippen LogP contribution in [0.4, 0.5) is 0 Å². The minimum Gasteiger partial charge on any atom is -0.376 e. The largest absolute Gasteiger partial charge is 0.376 e. The molecule has 0 aromatic heterocycles. The van der Waals surface area contributed by atoms with Gasteiger partial charge in [0.2, 0.25) is 5.91 Å². The molecule has 42 heavy (non-hydrogen) atoms. The van der Waals surface area contributed by atoms with Gasteiger partial charge in [-0.3, -0.25) is 9.69 Å². The van der Waals surface area contributed by atoms with Crippen molar-refractivity contribution in [3.63, 3.8) is 0 Å². The molecular formula is C38H78N2O2. The molecule has 1 amide bonds. The van der Waals surface area contributed by atoms with Gasteiger partial charge in [-0.05, 0) is 47.1 Å². The highest BCUT2D eigenvalue weighted by atomic mass is 16.5. The molecule has 0 fully saturated rings. The van der Waals surface area contributed by atoms with Gasteiger partial charge in [-0.1, -0.05) is 155 Å². The summed E-state index contributed by atoms with van der Waals surface area (Å²) in [5.41, 5.74) is -0.0896. The number of carbonyl (C=O) groups excluding carboxylic acids is 1. The second-order valence-corrected chi connectivity index (χ2v) is 14.2. The molecule has 0 radical (unpaired) electrons. The average Bonchev–Trinajstić information content (AvgIpc) is 2.94. The van der Waals surface area contributed by atoms with E-state index in [1.165, 1.54) is 141 Å². The number of hydrogen-bond acceptors (Lipinski definition) is 3. The Hall–Kier alpha value is -0.610. The van der Waals surface area contributed by atoms with Crippen LogP contribution in [0.15, 0.2) is 0 Å². The van der Waals surface area contributed by atoms with E-state index >= 15 is 0 Å². The van der Waals surface area contributed by atoms with Crippen molar-refractivity contribution in [1.82, 2.24) is 9.80 Å². The van der Waals surface area contributed by atoms with E-state index in [1.54, 1.807) is 0 Å². The Morgan fingerprint density at radius 2 is 0.833 bits per heavy atom. The van der Waals surface area contributed by atoms with Crippen LogP contribution in [0, 0.1) is 0 Å². The molecule has 0 rings (SSSR count). The number of hydrogen-bond donors (Lipinski definition) is 0. The molecule has 0 spiro atoms. The summed E-state index contributed by atoms with van der Waals surface area (Å²) >= 11 is 0. The first-order valence-corrected chi connectivity index (χ1v) is 18.9. The predicted octanol–water partition coefficient (Wildman–Crippen LogP) is 11.4. The van der Waals surface area contributed by atoms with E-state index in [4.69, 9.17) is 4.74 Å². The van der Waals surface area contributed by atoms with Crippen molar-refractivity contribution < 1.29 is 9.53 Å². The lowest BCUT2D eigenvalue weighted by atomic mass is 10.0. The monoisotopic (exact) mass is 595 g/mol. The molecule has 0 unspecified atom stereocenters. The Balaban J connectivity index is 4.22. The number of ether oxygens (including phenoxy) is 1. The normalized spacial score (nSPS) is 12.0. The Labute approximate surface area is 265 Å². The van der Waals surface area contributed by atoms with Crippen LogP contribution in [0.2, 0.25) is 0 Å². The Morgan fingerprint density at radius 3 is 1.17 bits per heavy atom. The minimum atomic E-state index is -0.0896. The number of likely N-dealkylation sites (N-methyl/N-ethyl adjacent to an activating group) is 1. The van der Waals surface area contributed by atoms with Gasteiger partial charge in [-0.15, -0.1) is 0 Å². The standard InChI is InChI=1S/C38H78N2O2/c1-7-9-11-13-15-17-19-21-23-25-27-29-33-40(37(41)36-39(6)32-31-35-42-38(3,4)5)34-30-28-26-24-22-20-18-16-14-12-10-8-2/h7-36H2,1-6H3. The van der Waals surface area contributed by atoms with Crippen molar-refractivity contribution in [1.29, 1.82) is 0 Å². The maximum absolute atomic E-state index is 13.3. The first-order chi connectivity index (χ1) is 20.3. The molecule has 0 heterocycles. The lowest BCUT2D eigenvalue weighted by molar-refractivity contribution is -0.132. The van der Waals surface area contributed by atoms with Gasteiger partial charge in [0.05, 0.1) is 12.1 Å². The van der Waals surface area contributed by atoms with Crippen molar-refractivity contribution >= 4 is 5.91 Å². The smallest absolute Gasteiger partial charge is 0.236 e. The van der Waals surface area contributed by atoms with Crippen molar-refractivity contribution in [2.45, 2.75) is 201 Å². The fraction of sp³-hybridized carbons (Fsp3) is 0.974. The van der Waals surface area contributed by atoms with Crippen LogP contribution in [-0.4, -0.2) is 61.1 Å². The predicted molar refractivity (Wildman–Crippen MR) is 187 cm³/mol. The van der Waals surface area contributed by atoms with E-state index < -0.39 is 0 Å².